The molecule has 2 aliphatic rings. The molecule has 1 aromatic heterocycles. The van der Waals surface area contributed by atoms with Crippen molar-refractivity contribution >= 4 is 28.3 Å². The van der Waals surface area contributed by atoms with Crippen LogP contribution < -0.4 is 5.32 Å². The van der Waals surface area contributed by atoms with Crippen LogP contribution >= 0.6 is 11.3 Å². The molecule has 1 aromatic carbocycles. The number of nitrogens with zero attached hydrogens (tertiary/aromatic N) is 3. The fourth-order valence-electron chi connectivity index (χ4n) is 5.13. The van der Waals surface area contributed by atoms with Crippen molar-refractivity contribution in [2.24, 2.45) is 5.92 Å². The number of anilines is 1. The maximum Gasteiger partial charge on any atom is 0.323 e. The first-order chi connectivity index (χ1) is 15.9. The lowest BCUT2D eigenvalue weighted by atomic mass is 9.90. The number of nitrogens with one attached hydrogen (secondary N) is 1. The third kappa shape index (κ3) is 6.18. The molecule has 0 aliphatic carbocycles. The number of rotatable bonds is 6. The van der Waals surface area contributed by atoms with E-state index in [-0.39, 0.29) is 23.7 Å². The van der Waals surface area contributed by atoms with Crippen LogP contribution in [0.5, 0.6) is 0 Å². The Kier molecular flexibility index (Phi) is 7.75. The third-order valence-corrected chi connectivity index (χ3v) is 7.90. The summed E-state index contributed by atoms with van der Waals surface area (Å²) in [5, 5.41) is 3.42. The van der Waals surface area contributed by atoms with Crippen molar-refractivity contribution in [3.05, 3.63) is 46.2 Å². The number of urea groups is 1. The molecule has 6 nitrogen and oxygen atoms in total. The van der Waals surface area contributed by atoms with E-state index in [1.165, 1.54) is 42.4 Å². The highest BCUT2D eigenvalue weighted by Gasteiger charge is 2.31. The second kappa shape index (κ2) is 10.7. The average molecular weight is 473 g/mol. The van der Waals surface area contributed by atoms with Gasteiger partial charge in [-0.05, 0) is 75.6 Å². The Balaban J connectivity index is 1.35. The van der Waals surface area contributed by atoms with Gasteiger partial charge in [0, 0.05) is 32.6 Å². The number of hydrogen-bond donors (Lipinski definition) is 1. The number of carbonyl (C=O) groups is 2. The first kappa shape index (κ1) is 23.8. The van der Waals surface area contributed by atoms with Gasteiger partial charge in [0.1, 0.15) is 5.82 Å². The summed E-state index contributed by atoms with van der Waals surface area (Å²) >= 11 is 1.25. The van der Waals surface area contributed by atoms with Gasteiger partial charge in [0.25, 0.3) is 0 Å². The fraction of sp³-hybridized carbons (Fsp3) is 0.560. The standard InChI is InChI=1S/C25H33FN4O2S/c1-17-23(18(2)31)33-24(27-17)28-25(32)30-13-4-3-7-22(30)16-29-12-5-6-20(15-29)14-19-8-10-21(26)11-9-19/h8-11,20,22H,3-7,12-16H2,1-2H3,(H,27,28,32)/t20-,22?/m0/s1. The van der Waals surface area contributed by atoms with E-state index in [2.05, 4.69) is 15.2 Å². The van der Waals surface area contributed by atoms with Crippen LogP contribution in [-0.2, 0) is 6.42 Å². The lowest BCUT2D eigenvalue weighted by Crippen LogP contribution is -2.52. The Morgan fingerprint density at radius 1 is 1.15 bits per heavy atom. The van der Waals surface area contributed by atoms with Crippen LogP contribution in [0.2, 0.25) is 0 Å². The molecular weight excluding hydrogens is 439 g/mol. The monoisotopic (exact) mass is 472 g/mol. The molecule has 2 aliphatic heterocycles. The summed E-state index contributed by atoms with van der Waals surface area (Å²) in [5.74, 6) is 0.338. The number of halogens is 1. The summed E-state index contributed by atoms with van der Waals surface area (Å²) in [5.41, 5.74) is 1.85. The quantitative estimate of drug-likeness (QED) is 0.592. The van der Waals surface area contributed by atoms with Crippen LogP contribution in [0.1, 0.15) is 60.0 Å². The van der Waals surface area contributed by atoms with Crippen LogP contribution in [0.25, 0.3) is 0 Å². The molecule has 178 valence electrons. The van der Waals surface area contributed by atoms with Crippen molar-refractivity contribution in [1.82, 2.24) is 14.8 Å². The maximum atomic E-state index is 13.2. The van der Waals surface area contributed by atoms with E-state index < -0.39 is 0 Å². The summed E-state index contributed by atoms with van der Waals surface area (Å²) < 4.78 is 13.2. The lowest BCUT2D eigenvalue weighted by molar-refractivity contribution is 0.101. The van der Waals surface area contributed by atoms with Gasteiger partial charge in [-0.1, -0.05) is 23.5 Å². The third-order valence-electron chi connectivity index (χ3n) is 6.73. The van der Waals surface area contributed by atoms with Gasteiger partial charge in [-0.2, -0.15) is 0 Å². The van der Waals surface area contributed by atoms with Gasteiger partial charge in [-0.3, -0.25) is 10.1 Å². The number of amides is 2. The van der Waals surface area contributed by atoms with E-state index in [1.54, 1.807) is 6.92 Å². The highest BCUT2D eigenvalue weighted by atomic mass is 32.1. The molecule has 2 amide bonds. The lowest BCUT2D eigenvalue weighted by Gasteiger charge is -2.41. The van der Waals surface area contributed by atoms with Crippen LogP contribution in [0, 0.1) is 18.7 Å². The number of Topliss-reactive ketones (excluding diaryl/α,β-unsaturated/α-hetero) is 1. The minimum Gasteiger partial charge on any atom is -0.320 e. The van der Waals surface area contributed by atoms with Crippen LogP contribution in [0.3, 0.4) is 0 Å². The molecule has 2 saturated heterocycles. The number of piperidine rings is 2. The number of aryl methyl sites for hydroxylation is 1. The van der Waals surface area contributed by atoms with Gasteiger partial charge < -0.3 is 9.80 Å². The Morgan fingerprint density at radius 3 is 2.67 bits per heavy atom. The number of ketones is 1. The predicted molar refractivity (Wildman–Crippen MR) is 129 cm³/mol. The topological polar surface area (TPSA) is 65.5 Å². The molecule has 1 N–H and O–H groups in total. The highest BCUT2D eigenvalue weighted by Crippen LogP contribution is 2.27. The average Bonchev–Trinajstić information content (AvgIpc) is 3.16. The zero-order valence-electron chi connectivity index (χ0n) is 19.5. The SMILES string of the molecule is CC(=O)c1sc(NC(=O)N2CCCCC2CN2CCC[C@@H](Cc3ccc(F)cc3)C2)nc1C. The Hall–Kier alpha value is -2.32. The minimum absolute atomic E-state index is 0.0263. The number of thiazole rings is 1. The zero-order valence-corrected chi connectivity index (χ0v) is 20.3. The van der Waals surface area contributed by atoms with Crippen molar-refractivity contribution in [2.45, 2.75) is 58.4 Å². The Bertz CT molecular complexity index is 977. The fourth-order valence-corrected chi connectivity index (χ4v) is 5.98. The molecule has 0 bridgehead atoms. The Labute approximate surface area is 199 Å². The molecule has 2 fully saturated rings. The first-order valence-corrected chi connectivity index (χ1v) is 12.7. The van der Waals surface area contributed by atoms with Gasteiger partial charge in [0.05, 0.1) is 10.6 Å². The highest BCUT2D eigenvalue weighted by molar-refractivity contribution is 7.17. The number of hydrogen-bond acceptors (Lipinski definition) is 5. The number of aromatic nitrogens is 1. The molecule has 8 heteroatoms. The van der Waals surface area contributed by atoms with Gasteiger partial charge in [-0.15, -0.1) is 0 Å². The molecule has 2 atom stereocenters. The second-order valence-corrected chi connectivity index (χ2v) is 10.4. The summed E-state index contributed by atoms with van der Waals surface area (Å²) in [6.45, 7) is 7.01. The molecule has 0 saturated carbocycles. The number of carbonyl (C=O) groups excluding carboxylic acids is 2. The van der Waals surface area contributed by atoms with Gasteiger partial charge in [-0.25, -0.2) is 14.2 Å². The van der Waals surface area contributed by atoms with Crippen LogP contribution in [0.15, 0.2) is 24.3 Å². The van der Waals surface area contributed by atoms with Gasteiger partial charge in [0.2, 0.25) is 0 Å². The summed E-state index contributed by atoms with van der Waals surface area (Å²) in [7, 11) is 0. The second-order valence-electron chi connectivity index (χ2n) is 9.36. The van der Waals surface area contributed by atoms with Crippen molar-refractivity contribution in [1.29, 1.82) is 0 Å². The van der Waals surface area contributed by atoms with E-state index in [0.29, 0.717) is 21.6 Å². The molecule has 0 radical (unpaired) electrons. The van der Waals surface area contributed by atoms with Gasteiger partial charge >= 0.3 is 6.03 Å². The largest absolute Gasteiger partial charge is 0.323 e. The summed E-state index contributed by atoms with van der Waals surface area (Å²) in [4.78, 5) is 34.2. The summed E-state index contributed by atoms with van der Waals surface area (Å²) in [6.07, 6.45) is 6.44. The van der Waals surface area contributed by atoms with E-state index >= 15 is 0 Å². The Morgan fingerprint density at radius 2 is 1.94 bits per heavy atom. The van der Waals surface area contributed by atoms with Crippen molar-refractivity contribution in [3.63, 3.8) is 0 Å². The molecule has 1 unspecified atom stereocenters. The molecule has 4 rings (SSSR count). The number of likely N-dealkylation sites (tertiary alicyclic amines) is 2. The predicted octanol–water partition coefficient (Wildman–Crippen LogP) is 5.13. The first-order valence-electron chi connectivity index (χ1n) is 11.9. The normalized spacial score (nSPS) is 21.7. The molecular formula is C25H33FN4O2S. The molecule has 3 heterocycles. The molecule has 0 spiro atoms. The van der Waals surface area contributed by atoms with Crippen LogP contribution in [0.4, 0.5) is 14.3 Å². The number of benzene rings is 1. The summed E-state index contributed by atoms with van der Waals surface area (Å²) in [6, 6.07) is 6.91. The van der Waals surface area contributed by atoms with E-state index in [4.69, 9.17) is 0 Å². The van der Waals surface area contributed by atoms with E-state index in [1.807, 2.05) is 17.0 Å². The molecule has 33 heavy (non-hydrogen) atoms. The van der Waals surface area contributed by atoms with E-state index in [9.17, 15) is 14.0 Å². The van der Waals surface area contributed by atoms with E-state index in [0.717, 1.165) is 58.3 Å². The minimum atomic E-state index is -0.190. The van der Waals surface area contributed by atoms with Crippen molar-refractivity contribution < 1.29 is 14.0 Å². The van der Waals surface area contributed by atoms with Crippen molar-refractivity contribution in [3.8, 4) is 0 Å². The van der Waals surface area contributed by atoms with Crippen molar-refractivity contribution in [2.75, 3.05) is 31.5 Å². The van der Waals surface area contributed by atoms with Gasteiger partial charge in [0.15, 0.2) is 10.9 Å². The zero-order chi connectivity index (χ0) is 23.4. The smallest absolute Gasteiger partial charge is 0.320 e. The maximum absolute atomic E-state index is 13.2. The molecule has 2 aromatic rings. The van der Waals surface area contributed by atoms with Crippen LogP contribution in [-0.4, -0.2) is 58.8 Å².